The van der Waals surface area contributed by atoms with E-state index in [4.69, 9.17) is 4.74 Å². The monoisotopic (exact) mass is 476 g/mol. The Morgan fingerprint density at radius 3 is 2.60 bits per heavy atom. The molecule has 0 saturated carbocycles. The van der Waals surface area contributed by atoms with Gasteiger partial charge in [-0.3, -0.25) is 9.69 Å². The molecule has 1 fully saturated rings. The average molecular weight is 477 g/mol. The van der Waals surface area contributed by atoms with E-state index in [0.29, 0.717) is 12.5 Å². The van der Waals surface area contributed by atoms with Crippen molar-refractivity contribution in [1.29, 1.82) is 0 Å². The van der Waals surface area contributed by atoms with E-state index in [2.05, 4.69) is 74.3 Å². The zero-order valence-electron chi connectivity index (χ0n) is 22.2. The molecule has 2 aliphatic rings. The Labute approximate surface area is 212 Å². The Morgan fingerprint density at radius 2 is 1.83 bits per heavy atom. The first kappa shape index (κ1) is 25.8. The Morgan fingerprint density at radius 1 is 1.06 bits per heavy atom. The molecule has 2 aliphatic heterocycles. The van der Waals surface area contributed by atoms with Gasteiger partial charge in [0.1, 0.15) is 12.4 Å². The number of likely N-dealkylation sites (tertiary alicyclic amines) is 1. The van der Waals surface area contributed by atoms with Crippen molar-refractivity contribution in [2.24, 2.45) is 11.3 Å². The molecule has 1 spiro atoms. The van der Waals surface area contributed by atoms with Crippen molar-refractivity contribution in [2.75, 3.05) is 19.7 Å². The van der Waals surface area contributed by atoms with E-state index in [0.717, 1.165) is 70.3 Å². The van der Waals surface area contributed by atoms with Crippen LogP contribution in [0.4, 0.5) is 0 Å². The van der Waals surface area contributed by atoms with Crippen LogP contribution in [0.2, 0.25) is 0 Å². The van der Waals surface area contributed by atoms with Crippen LogP contribution in [0.5, 0.6) is 5.75 Å². The molecule has 1 saturated heterocycles. The Kier molecular flexibility index (Phi) is 8.54. The molecule has 4 nitrogen and oxygen atoms in total. The summed E-state index contributed by atoms with van der Waals surface area (Å²) in [5.74, 6) is 1.74. The minimum Gasteiger partial charge on any atom is -0.491 e. The summed E-state index contributed by atoms with van der Waals surface area (Å²) >= 11 is 0. The van der Waals surface area contributed by atoms with Crippen LogP contribution >= 0.6 is 0 Å². The lowest BCUT2D eigenvalue weighted by molar-refractivity contribution is -0.136. The number of ether oxygens (including phenoxy) is 1. The highest BCUT2D eigenvalue weighted by Crippen LogP contribution is 2.38. The van der Waals surface area contributed by atoms with Crippen LogP contribution in [0.3, 0.4) is 0 Å². The standard InChI is InChI=1S/C31H44N2O2/c1-23(2)19-28-22-35-29-11-6-5-9-26(29)10-7-8-14-31(30(34)32-28)15-17-33(18-16-31)21-27-20-24(3)12-13-25(27)4/h5-6,9,11-13,20,23,28H,7-8,10,14-19,21-22H2,1-4H3,(H,32,34)/t28-/m0/s1. The van der Waals surface area contributed by atoms with Gasteiger partial charge in [0.05, 0.1) is 11.5 Å². The molecule has 2 aromatic rings. The van der Waals surface area contributed by atoms with E-state index in [1.165, 1.54) is 22.3 Å². The van der Waals surface area contributed by atoms with Crippen molar-refractivity contribution in [2.45, 2.75) is 85.2 Å². The number of aryl methyl sites for hydroxylation is 3. The van der Waals surface area contributed by atoms with Gasteiger partial charge in [0.15, 0.2) is 0 Å². The molecule has 4 rings (SSSR count). The lowest BCUT2D eigenvalue weighted by atomic mass is 9.73. The van der Waals surface area contributed by atoms with E-state index in [1.807, 2.05) is 6.07 Å². The summed E-state index contributed by atoms with van der Waals surface area (Å²) in [5, 5.41) is 3.46. The van der Waals surface area contributed by atoms with E-state index in [1.54, 1.807) is 0 Å². The minimum absolute atomic E-state index is 0.0415. The maximum atomic E-state index is 13.8. The number of hydrogen-bond donors (Lipinski definition) is 1. The minimum atomic E-state index is -0.258. The predicted molar refractivity (Wildman–Crippen MR) is 144 cm³/mol. The maximum absolute atomic E-state index is 13.8. The molecule has 4 heteroatoms. The van der Waals surface area contributed by atoms with Crippen LogP contribution in [0.1, 0.15) is 74.6 Å². The van der Waals surface area contributed by atoms with Gasteiger partial charge in [0.25, 0.3) is 0 Å². The fraction of sp³-hybridized carbons (Fsp3) is 0.581. The van der Waals surface area contributed by atoms with Crippen molar-refractivity contribution < 1.29 is 9.53 Å². The van der Waals surface area contributed by atoms with Crippen LogP contribution in [0, 0.1) is 25.2 Å². The number of nitrogens with one attached hydrogen (secondary N) is 1. The van der Waals surface area contributed by atoms with Gasteiger partial charge in [-0.15, -0.1) is 0 Å². The van der Waals surface area contributed by atoms with Crippen LogP contribution in [0.25, 0.3) is 0 Å². The van der Waals surface area contributed by atoms with Crippen LogP contribution in [-0.4, -0.2) is 36.5 Å². The number of para-hydroxylation sites is 1. The number of carbonyl (C=O) groups is 1. The number of amides is 1. The molecule has 1 amide bonds. The molecule has 0 bridgehead atoms. The van der Waals surface area contributed by atoms with Gasteiger partial charge in [0.2, 0.25) is 5.91 Å². The lowest BCUT2D eigenvalue weighted by Gasteiger charge is -2.42. The summed E-state index contributed by atoms with van der Waals surface area (Å²) in [7, 11) is 0. The predicted octanol–water partition coefficient (Wildman–Crippen LogP) is 6.22. The Balaban J connectivity index is 1.48. The van der Waals surface area contributed by atoms with E-state index >= 15 is 0 Å². The van der Waals surface area contributed by atoms with E-state index < -0.39 is 0 Å². The average Bonchev–Trinajstić information content (AvgIpc) is 2.83. The smallest absolute Gasteiger partial charge is 0.226 e. The molecule has 0 radical (unpaired) electrons. The van der Waals surface area contributed by atoms with E-state index in [9.17, 15) is 4.79 Å². The number of nitrogens with zero attached hydrogens (tertiary/aromatic N) is 1. The molecular weight excluding hydrogens is 432 g/mol. The Hall–Kier alpha value is -2.33. The van der Waals surface area contributed by atoms with Crippen LogP contribution in [-0.2, 0) is 17.8 Å². The normalized spacial score (nSPS) is 21.5. The SMILES string of the molecule is Cc1ccc(C)c(CN2CCC3(CCCCc4ccccc4OC[C@H](CC(C)C)NC3=O)CC2)c1. The second kappa shape index (κ2) is 11.6. The number of carbonyl (C=O) groups excluding carboxylic acids is 1. The molecule has 2 heterocycles. The summed E-state index contributed by atoms with van der Waals surface area (Å²) in [6.07, 6.45) is 6.98. The Bertz CT molecular complexity index is 991. The lowest BCUT2D eigenvalue weighted by Crippen LogP contribution is -2.52. The molecule has 190 valence electrons. The van der Waals surface area contributed by atoms with Gasteiger partial charge < -0.3 is 10.1 Å². The van der Waals surface area contributed by atoms with Gasteiger partial charge >= 0.3 is 0 Å². The van der Waals surface area contributed by atoms with Gasteiger partial charge in [-0.25, -0.2) is 0 Å². The quantitative estimate of drug-likeness (QED) is 0.569. The number of fused-ring (bicyclic) bond motifs is 1. The zero-order valence-corrected chi connectivity index (χ0v) is 22.2. The van der Waals surface area contributed by atoms with Gasteiger partial charge in [-0.1, -0.05) is 62.2 Å². The summed E-state index contributed by atoms with van der Waals surface area (Å²) in [5.41, 5.74) is 5.12. The number of rotatable bonds is 4. The van der Waals surface area contributed by atoms with Gasteiger partial charge in [-0.2, -0.15) is 0 Å². The fourth-order valence-electron chi connectivity index (χ4n) is 5.84. The topological polar surface area (TPSA) is 41.6 Å². The number of benzene rings is 2. The van der Waals surface area contributed by atoms with Gasteiger partial charge in [-0.05, 0) is 94.1 Å². The van der Waals surface area contributed by atoms with Crippen LogP contribution < -0.4 is 10.1 Å². The van der Waals surface area contributed by atoms with Gasteiger partial charge in [0, 0.05) is 6.54 Å². The van der Waals surface area contributed by atoms with Crippen molar-refractivity contribution in [3.8, 4) is 5.75 Å². The first-order valence-electron chi connectivity index (χ1n) is 13.6. The summed E-state index contributed by atoms with van der Waals surface area (Å²) < 4.78 is 6.28. The molecule has 1 atom stereocenters. The third-order valence-electron chi connectivity index (χ3n) is 8.05. The highest BCUT2D eigenvalue weighted by atomic mass is 16.5. The maximum Gasteiger partial charge on any atom is 0.226 e. The molecule has 2 aromatic carbocycles. The molecule has 1 N–H and O–H groups in total. The first-order chi connectivity index (χ1) is 16.8. The van der Waals surface area contributed by atoms with Crippen molar-refractivity contribution in [3.05, 3.63) is 64.7 Å². The van der Waals surface area contributed by atoms with E-state index in [-0.39, 0.29) is 17.4 Å². The first-order valence-corrected chi connectivity index (χ1v) is 13.6. The molecule has 0 aromatic heterocycles. The summed E-state index contributed by atoms with van der Waals surface area (Å²) in [6, 6.07) is 15.2. The highest BCUT2D eigenvalue weighted by molar-refractivity contribution is 5.83. The second-order valence-corrected chi connectivity index (χ2v) is 11.4. The van der Waals surface area contributed by atoms with Crippen molar-refractivity contribution >= 4 is 5.91 Å². The third-order valence-corrected chi connectivity index (χ3v) is 8.05. The highest BCUT2D eigenvalue weighted by Gasteiger charge is 2.41. The van der Waals surface area contributed by atoms with Crippen LogP contribution in [0.15, 0.2) is 42.5 Å². The zero-order chi connectivity index (χ0) is 24.8. The third kappa shape index (κ3) is 6.67. The van der Waals surface area contributed by atoms with Crippen molar-refractivity contribution in [3.63, 3.8) is 0 Å². The molecular formula is C31H44N2O2. The largest absolute Gasteiger partial charge is 0.491 e. The molecule has 35 heavy (non-hydrogen) atoms. The number of hydrogen-bond acceptors (Lipinski definition) is 3. The summed E-state index contributed by atoms with van der Waals surface area (Å²) in [4.78, 5) is 16.4. The summed E-state index contributed by atoms with van der Waals surface area (Å²) in [6.45, 7) is 12.3. The van der Waals surface area contributed by atoms with Crippen molar-refractivity contribution in [1.82, 2.24) is 10.2 Å². The number of piperidine rings is 1. The fourth-order valence-corrected chi connectivity index (χ4v) is 5.84. The second-order valence-electron chi connectivity index (χ2n) is 11.4. The molecule has 0 aliphatic carbocycles. The molecule has 0 unspecified atom stereocenters.